The number of hydrogen-bond acceptors (Lipinski definition) is 10. The maximum Gasteiger partial charge on any atom is 0.261 e. The molecular formula is C100H112N8O8. The fourth-order valence-electron chi connectivity index (χ4n) is 16.3. The lowest BCUT2D eigenvalue weighted by molar-refractivity contribution is 0.0585. The Morgan fingerprint density at radius 1 is 0.259 bits per heavy atom. The Balaban J connectivity index is 0.666. The Morgan fingerprint density at radius 3 is 0.647 bits per heavy atom. The molecule has 0 bridgehead atoms. The van der Waals surface area contributed by atoms with Crippen molar-refractivity contribution in [2.45, 2.75) is 193 Å². The molecule has 2 heterocycles. The topological polar surface area (TPSA) is 209 Å². The van der Waals surface area contributed by atoms with Gasteiger partial charge in [0.2, 0.25) is 0 Å². The van der Waals surface area contributed by atoms with E-state index in [9.17, 15) is 19.2 Å². The van der Waals surface area contributed by atoms with Crippen molar-refractivity contribution in [3.05, 3.63) is 328 Å². The molecule has 600 valence electrons. The number of ether oxygens (including phenoxy) is 4. The quantitative estimate of drug-likeness (QED) is 0.00919. The number of benzene rings is 10. The summed E-state index contributed by atoms with van der Waals surface area (Å²) in [7, 11) is 0. The molecule has 12 rings (SSSR count). The number of azide groups is 2. The summed E-state index contributed by atoms with van der Waals surface area (Å²) in [6, 6.07) is 76.5. The van der Waals surface area contributed by atoms with E-state index < -0.39 is 34.5 Å². The van der Waals surface area contributed by atoms with Gasteiger partial charge in [0.15, 0.2) is 0 Å². The molecule has 0 atom stereocenters. The Morgan fingerprint density at radius 2 is 0.448 bits per heavy atom. The van der Waals surface area contributed by atoms with Crippen LogP contribution in [0, 0.1) is 0 Å². The first-order valence-electron chi connectivity index (χ1n) is 41.4. The molecule has 4 amide bonds. The zero-order chi connectivity index (χ0) is 82.4. The van der Waals surface area contributed by atoms with Gasteiger partial charge in [0.1, 0.15) is 23.0 Å². The van der Waals surface area contributed by atoms with Gasteiger partial charge in [0.05, 0.1) is 37.3 Å². The lowest BCUT2D eigenvalue weighted by Crippen LogP contribution is -2.43. The molecular weight excluding hydrogens is 1440 g/mol. The van der Waals surface area contributed by atoms with Crippen LogP contribution in [0.25, 0.3) is 31.7 Å². The highest BCUT2D eigenvalue weighted by atomic mass is 16.5. The highest BCUT2D eigenvalue weighted by Gasteiger charge is 2.43. The van der Waals surface area contributed by atoms with E-state index in [4.69, 9.17) is 30.0 Å². The summed E-state index contributed by atoms with van der Waals surface area (Å²) < 4.78 is 25.4. The van der Waals surface area contributed by atoms with Crippen molar-refractivity contribution in [2.75, 3.05) is 52.6 Å². The molecule has 2 aliphatic heterocycles. The van der Waals surface area contributed by atoms with Crippen molar-refractivity contribution < 1.29 is 38.1 Å². The third kappa shape index (κ3) is 18.6. The summed E-state index contributed by atoms with van der Waals surface area (Å²) in [5, 5.41) is 8.04. The molecule has 0 fully saturated rings. The predicted molar refractivity (Wildman–Crippen MR) is 464 cm³/mol. The molecule has 0 aliphatic carbocycles. The van der Waals surface area contributed by atoms with Crippen LogP contribution >= 0.6 is 0 Å². The molecule has 2 aliphatic rings. The number of carbonyl (C=O) groups excluding carboxylic acids is 4. The smallest absolute Gasteiger partial charge is 0.261 e. The van der Waals surface area contributed by atoms with Gasteiger partial charge in [0.25, 0.3) is 23.6 Å². The minimum Gasteiger partial charge on any atom is -0.494 e. The number of unbranched alkanes of at least 4 members (excludes halogenated alkanes) is 8. The van der Waals surface area contributed by atoms with Gasteiger partial charge in [-0.15, -0.1) is 0 Å². The molecule has 10 aromatic carbocycles. The summed E-state index contributed by atoms with van der Waals surface area (Å²) in [5.41, 5.74) is 30.7. The zero-order valence-electron chi connectivity index (χ0n) is 69.8. The second-order valence-electron chi connectivity index (χ2n) is 35.0. The van der Waals surface area contributed by atoms with Crippen LogP contribution in [0.15, 0.2) is 229 Å². The number of carbonyl (C=O) groups is 4. The fourth-order valence-corrected chi connectivity index (χ4v) is 16.3. The van der Waals surface area contributed by atoms with Crippen LogP contribution < -0.4 is 18.9 Å². The molecule has 0 radical (unpaired) electrons. The van der Waals surface area contributed by atoms with Gasteiger partial charge in [-0.1, -0.05) is 239 Å². The van der Waals surface area contributed by atoms with Crippen LogP contribution in [0.2, 0.25) is 0 Å². The van der Waals surface area contributed by atoms with Gasteiger partial charge < -0.3 is 18.9 Å². The number of nitrogens with zero attached hydrogens (tertiary/aromatic N) is 8. The van der Waals surface area contributed by atoms with Gasteiger partial charge >= 0.3 is 0 Å². The number of hydrogen-bond donors (Lipinski definition) is 0. The first-order valence-corrected chi connectivity index (χ1v) is 41.4. The van der Waals surface area contributed by atoms with E-state index in [1.54, 1.807) is 24.3 Å². The van der Waals surface area contributed by atoms with E-state index in [1.165, 1.54) is 32.1 Å². The van der Waals surface area contributed by atoms with Gasteiger partial charge in [-0.05, 0) is 249 Å². The molecule has 0 saturated carbocycles. The largest absolute Gasteiger partial charge is 0.494 e. The third-order valence-corrected chi connectivity index (χ3v) is 23.0. The van der Waals surface area contributed by atoms with Crippen molar-refractivity contribution in [1.82, 2.24) is 9.80 Å². The van der Waals surface area contributed by atoms with Crippen LogP contribution in [0.1, 0.15) is 268 Å². The SMILES string of the molecule is CC(C)(C)c1ccc(C(c2ccc(OCCCCCN=[N+]=[N-])cc2)(c2ccc(OCCCCCN3C(=O)c4ccc5c6c(ccc(c46)C3=O)C(=O)N(CCCCCOc3ccc(C(c4ccc(OCCCCCN=[N+]=[N-])cc4)(c4ccc(C(C)(C)C)cc4)c4ccc(C(C)(C)C)cc4)cc3)C5=O)cc2)c2ccc(C(C)(C)C)cc2)cc1. The molecule has 16 heteroatoms. The second kappa shape index (κ2) is 36.6. The Hall–Kier alpha value is -11.4. The van der Waals surface area contributed by atoms with Crippen LogP contribution in [-0.2, 0) is 32.5 Å². The van der Waals surface area contributed by atoms with Gasteiger partial charge in [-0.3, -0.25) is 29.0 Å². The van der Waals surface area contributed by atoms with Crippen molar-refractivity contribution in [3.8, 4) is 23.0 Å². The molecule has 116 heavy (non-hydrogen) atoms. The number of rotatable bonds is 36. The molecule has 0 saturated heterocycles. The van der Waals surface area contributed by atoms with E-state index in [0.717, 1.165) is 106 Å². The van der Waals surface area contributed by atoms with Crippen molar-refractivity contribution in [3.63, 3.8) is 0 Å². The van der Waals surface area contributed by atoms with Gasteiger partial charge in [-0.25, -0.2) is 0 Å². The summed E-state index contributed by atoms with van der Waals surface area (Å²) in [6.45, 7) is 30.1. The van der Waals surface area contributed by atoms with Gasteiger partial charge in [0, 0.05) is 69.0 Å². The summed E-state index contributed by atoms with van der Waals surface area (Å²) in [4.78, 5) is 65.9. The Kier molecular flexibility index (Phi) is 26.5. The minimum absolute atomic E-state index is 0.0457. The zero-order valence-corrected chi connectivity index (χ0v) is 69.8. The van der Waals surface area contributed by atoms with E-state index in [-0.39, 0.29) is 34.7 Å². The number of amides is 4. The van der Waals surface area contributed by atoms with Crippen molar-refractivity contribution in [1.29, 1.82) is 0 Å². The minimum atomic E-state index is -0.733. The Bertz CT molecular complexity index is 4660. The second-order valence-corrected chi connectivity index (χ2v) is 35.0. The maximum absolute atomic E-state index is 14.4. The van der Waals surface area contributed by atoms with E-state index in [1.807, 2.05) is 24.3 Å². The average molecular weight is 1550 g/mol. The van der Waals surface area contributed by atoms with Gasteiger partial charge in [-0.2, -0.15) is 0 Å². The molecule has 10 aromatic rings. The van der Waals surface area contributed by atoms with Crippen LogP contribution in [-0.4, -0.2) is 86.0 Å². The standard InChI is InChI=1S/C100H112N8O8/c1-95(2,3)69-25-33-73(34-26-69)99(74-35-27-70(28-36-74)96(4,5)6,77-41-49-81(50-42-77)113-65-21-13-17-61-103-105-101)79-45-53-83(54-46-79)115-67-23-15-19-63-107-91(109)85-57-59-87-90-88(60-58-86(89(85)90)92(107)110)94(112)108(93(87)111)64-20-16-24-68-116-84-55-47-80(48-56-84)100(75-37-29-71(30-38-75)97(7,8)9,76-39-31-72(32-40-76)98(10,11)12)78-43-51-82(52-44-78)114-66-22-14-18-62-104-106-102/h25-60H,13-24,61-68H2,1-12H3. The normalized spacial score (nSPS) is 13.2. The average Bonchev–Trinajstić information content (AvgIpc) is 0.711. The highest BCUT2D eigenvalue weighted by Crippen LogP contribution is 2.50. The summed E-state index contributed by atoms with van der Waals surface area (Å²) >= 11 is 0. The molecule has 0 spiro atoms. The van der Waals surface area contributed by atoms with E-state index in [0.29, 0.717) is 111 Å². The summed E-state index contributed by atoms with van der Waals surface area (Å²) in [5.74, 6) is 1.24. The first kappa shape index (κ1) is 84.0. The molecule has 16 nitrogen and oxygen atoms in total. The van der Waals surface area contributed by atoms with Crippen LogP contribution in [0.4, 0.5) is 0 Å². The molecule has 0 unspecified atom stereocenters. The molecule has 0 aromatic heterocycles. The van der Waals surface area contributed by atoms with Crippen LogP contribution in [0.5, 0.6) is 23.0 Å². The van der Waals surface area contributed by atoms with Crippen molar-refractivity contribution in [2.24, 2.45) is 10.2 Å². The highest BCUT2D eigenvalue weighted by molar-refractivity contribution is 6.33. The van der Waals surface area contributed by atoms with E-state index in [2.05, 4.69) is 273 Å². The Labute approximate surface area is 685 Å². The lowest BCUT2D eigenvalue weighted by atomic mass is 9.64. The van der Waals surface area contributed by atoms with E-state index >= 15 is 0 Å². The van der Waals surface area contributed by atoms with Crippen molar-refractivity contribution >= 4 is 34.4 Å². The first-order chi connectivity index (χ1) is 55.7. The third-order valence-electron chi connectivity index (χ3n) is 23.0. The summed E-state index contributed by atoms with van der Waals surface area (Å²) in [6.07, 6.45) is 9.01. The monoisotopic (exact) mass is 1550 g/mol. The lowest BCUT2D eigenvalue weighted by Gasteiger charge is -2.38. The molecule has 0 N–H and O–H groups in total. The number of imide groups is 2. The van der Waals surface area contributed by atoms with Crippen LogP contribution in [0.3, 0.4) is 0 Å². The predicted octanol–water partition coefficient (Wildman–Crippen LogP) is 24.2. The fraction of sp³-hybridized carbons (Fsp3) is 0.380. The maximum atomic E-state index is 14.4.